The second kappa shape index (κ2) is 15.2. The fraction of sp³-hybridized carbons (Fsp3) is 0.132. The summed E-state index contributed by atoms with van der Waals surface area (Å²) in [4.78, 5) is 60.7. The quantitative estimate of drug-likeness (QED) is 0.0429. The fourth-order valence-electron chi connectivity index (χ4n) is 6.37. The number of thioether (sulfide) groups is 1. The average molecular weight is 763 g/mol. The largest absolute Gasteiger partial charge is 0.477 e. The minimum Gasteiger partial charge on any atom is -0.477 e. The summed E-state index contributed by atoms with van der Waals surface area (Å²) in [5.41, 5.74) is 2.05. The van der Waals surface area contributed by atoms with Gasteiger partial charge in [0.2, 0.25) is 0 Å². The number of β-lactam (4-membered cyclic amide) rings is 1. The zero-order chi connectivity index (χ0) is 37.8. The first kappa shape index (κ1) is 35.9. The third-order valence-corrected chi connectivity index (χ3v) is 10.8. The van der Waals surface area contributed by atoms with Crippen molar-refractivity contribution in [1.82, 2.24) is 15.2 Å². The van der Waals surface area contributed by atoms with Crippen molar-refractivity contribution in [3.05, 3.63) is 164 Å². The number of aliphatic carboxylic acids is 1. The lowest BCUT2D eigenvalue weighted by Gasteiger charge is -2.49. The van der Waals surface area contributed by atoms with Gasteiger partial charge < -0.3 is 25.0 Å². The minimum absolute atomic E-state index is 0.141. The number of carbonyl (C=O) groups is 3. The van der Waals surface area contributed by atoms with Gasteiger partial charge in [0.15, 0.2) is 10.8 Å². The van der Waals surface area contributed by atoms with Crippen molar-refractivity contribution in [2.45, 2.75) is 17.0 Å². The molecule has 2 amide bonds. The summed E-state index contributed by atoms with van der Waals surface area (Å²) in [6.07, 6.45) is 2.83. The van der Waals surface area contributed by atoms with Gasteiger partial charge in [-0.1, -0.05) is 102 Å². The molecule has 14 nitrogen and oxygen atoms in total. The van der Waals surface area contributed by atoms with Crippen LogP contribution in [0.1, 0.15) is 28.1 Å². The van der Waals surface area contributed by atoms with Crippen LogP contribution < -0.4 is 10.6 Å². The first-order chi connectivity index (χ1) is 26.2. The molecule has 2 atom stereocenters. The Morgan fingerprint density at radius 3 is 2.15 bits per heavy atom. The maximum atomic E-state index is 13.7. The van der Waals surface area contributed by atoms with Crippen molar-refractivity contribution in [1.29, 1.82) is 0 Å². The average Bonchev–Trinajstić information content (AvgIpc) is 3.88. The summed E-state index contributed by atoms with van der Waals surface area (Å²) >= 11 is 2.51. The van der Waals surface area contributed by atoms with Gasteiger partial charge in [-0.05, 0) is 34.4 Å². The van der Waals surface area contributed by atoms with Crippen LogP contribution in [0.4, 0.5) is 11.0 Å². The monoisotopic (exact) mass is 762 g/mol. The Hall–Kier alpha value is -6.52. The van der Waals surface area contributed by atoms with E-state index >= 15 is 0 Å². The summed E-state index contributed by atoms with van der Waals surface area (Å²) in [5, 5.41) is 32.8. The molecule has 0 radical (unpaired) electrons. The highest BCUT2D eigenvalue weighted by atomic mass is 32.2. The number of fused-ring (bicyclic) bond motifs is 1. The van der Waals surface area contributed by atoms with Gasteiger partial charge in [-0.15, -0.1) is 23.1 Å². The number of anilines is 1. The van der Waals surface area contributed by atoms with E-state index in [1.54, 1.807) is 5.38 Å². The molecule has 1 saturated heterocycles. The number of benzene rings is 3. The number of oxime groups is 1. The smallest absolute Gasteiger partial charge is 0.433 e. The van der Waals surface area contributed by atoms with E-state index in [4.69, 9.17) is 14.2 Å². The van der Waals surface area contributed by atoms with Crippen LogP contribution >= 0.6 is 23.1 Å². The number of carboxylic acids is 1. The van der Waals surface area contributed by atoms with Gasteiger partial charge in [-0.3, -0.25) is 24.6 Å². The Balaban J connectivity index is 1.13. The van der Waals surface area contributed by atoms with E-state index in [-0.39, 0.29) is 28.6 Å². The standard InChI is InChI=1S/C38H30N6O8S2/c1-51-42-30(33(45)40-31-34(46)43-32(36(47)48)23(21-53-35(31)43)17-18-27-19-20-29(52-27)44(49)50)28-22-54-37(39-28)41-38(24-11-5-2-6-12-24,25-13-7-3-8-14-25)26-15-9-4-10-16-26/h2-20,22,31,35H,21H2,1H3,(H,39,41)(H,40,45)(H,47,48)/t31?,35-/m0/s1. The number of nitro groups is 1. The third kappa shape index (κ3) is 6.75. The summed E-state index contributed by atoms with van der Waals surface area (Å²) in [6.45, 7) is 0. The van der Waals surface area contributed by atoms with E-state index < -0.39 is 45.5 Å². The maximum absolute atomic E-state index is 13.7. The number of hydrogen-bond donors (Lipinski definition) is 3. The van der Waals surface area contributed by atoms with Crippen LogP contribution in [0, 0.1) is 10.1 Å². The molecule has 1 unspecified atom stereocenters. The molecule has 0 spiro atoms. The molecule has 16 heteroatoms. The third-order valence-electron chi connectivity index (χ3n) is 8.79. The molecule has 4 heterocycles. The number of carbonyl (C=O) groups excluding carboxylic acids is 2. The Labute approximate surface area is 316 Å². The second-order valence-electron chi connectivity index (χ2n) is 11.9. The van der Waals surface area contributed by atoms with Gasteiger partial charge in [-0.2, -0.15) is 0 Å². The molecular formula is C38H30N6O8S2. The molecule has 7 rings (SSSR count). The number of nitrogens with zero attached hydrogens (tertiary/aromatic N) is 4. The molecule has 54 heavy (non-hydrogen) atoms. The number of nitrogens with one attached hydrogen (secondary N) is 2. The molecule has 272 valence electrons. The molecule has 3 aromatic carbocycles. The number of rotatable bonds is 13. The minimum atomic E-state index is -1.34. The number of amides is 2. The van der Waals surface area contributed by atoms with Crippen molar-refractivity contribution >= 4 is 63.7 Å². The fourth-order valence-corrected chi connectivity index (χ4v) is 8.44. The van der Waals surface area contributed by atoms with Crippen LogP contribution in [-0.2, 0) is 24.8 Å². The van der Waals surface area contributed by atoms with E-state index in [2.05, 4.69) is 15.8 Å². The molecule has 2 aliphatic rings. The molecule has 5 aromatic rings. The van der Waals surface area contributed by atoms with E-state index in [1.807, 2.05) is 91.0 Å². The van der Waals surface area contributed by atoms with Gasteiger partial charge >= 0.3 is 11.9 Å². The van der Waals surface area contributed by atoms with E-state index in [1.165, 1.54) is 54.5 Å². The lowest BCUT2D eigenvalue weighted by Crippen LogP contribution is -2.71. The summed E-state index contributed by atoms with van der Waals surface area (Å²) < 4.78 is 5.12. The molecule has 0 aliphatic carbocycles. The predicted molar refractivity (Wildman–Crippen MR) is 203 cm³/mol. The highest BCUT2D eigenvalue weighted by Crippen LogP contribution is 2.42. The van der Waals surface area contributed by atoms with Crippen LogP contribution in [-0.4, -0.2) is 67.7 Å². The van der Waals surface area contributed by atoms with Crippen LogP contribution in [0.25, 0.3) is 6.08 Å². The lowest BCUT2D eigenvalue weighted by molar-refractivity contribution is -0.402. The number of carboxylic acid groups (broad SMARTS) is 1. The number of thiazole rings is 1. The van der Waals surface area contributed by atoms with Crippen LogP contribution in [0.2, 0.25) is 0 Å². The number of hydrogen-bond acceptors (Lipinski definition) is 12. The van der Waals surface area contributed by atoms with Gasteiger partial charge in [0.1, 0.15) is 46.1 Å². The van der Waals surface area contributed by atoms with Gasteiger partial charge in [-0.25, -0.2) is 9.78 Å². The lowest BCUT2D eigenvalue weighted by atomic mass is 9.77. The summed E-state index contributed by atoms with van der Waals surface area (Å²) in [6, 6.07) is 31.4. The normalized spacial score (nSPS) is 17.2. The molecule has 0 bridgehead atoms. The Kier molecular flexibility index (Phi) is 10.1. The van der Waals surface area contributed by atoms with E-state index in [0.29, 0.717) is 10.7 Å². The van der Waals surface area contributed by atoms with E-state index in [9.17, 15) is 29.6 Å². The first-order valence-electron chi connectivity index (χ1n) is 16.4. The zero-order valence-corrected chi connectivity index (χ0v) is 30.0. The molecule has 2 aliphatic heterocycles. The van der Waals surface area contributed by atoms with Gasteiger partial charge in [0.05, 0.1) is 6.07 Å². The number of furan rings is 1. The summed E-state index contributed by atoms with van der Waals surface area (Å²) in [5.74, 6) is -2.86. The molecule has 1 fully saturated rings. The molecule has 2 aromatic heterocycles. The van der Waals surface area contributed by atoms with Crippen LogP contribution in [0.15, 0.2) is 135 Å². The number of aromatic nitrogens is 1. The van der Waals surface area contributed by atoms with Crippen molar-refractivity contribution in [3.8, 4) is 0 Å². The Morgan fingerprint density at radius 2 is 1.61 bits per heavy atom. The van der Waals surface area contributed by atoms with Crippen LogP contribution in [0.5, 0.6) is 0 Å². The highest BCUT2D eigenvalue weighted by molar-refractivity contribution is 8.00. The molecule has 3 N–H and O–H groups in total. The predicted octanol–water partition coefficient (Wildman–Crippen LogP) is 5.85. The van der Waals surface area contributed by atoms with Crippen molar-refractivity contribution in [2.24, 2.45) is 5.16 Å². The van der Waals surface area contributed by atoms with E-state index in [0.717, 1.165) is 21.6 Å². The van der Waals surface area contributed by atoms with Crippen molar-refractivity contribution < 1.29 is 33.7 Å². The van der Waals surface area contributed by atoms with Gasteiger partial charge in [0, 0.05) is 11.1 Å². The second-order valence-corrected chi connectivity index (χ2v) is 13.9. The highest BCUT2D eigenvalue weighted by Gasteiger charge is 2.54. The topological polar surface area (TPSA) is 190 Å². The first-order valence-corrected chi connectivity index (χ1v) is 18.3. The maximum Gasteiger partial charge on any atom is 0.433 e. The SMILES string of the molecule is CON=C(C(=O)NC1C(=O)N2C(C(=O)O)=C(C=Cc3ccc([N+](=O)[O-])o3)CS[C@@H]12)c1csc(NC(c2ccccc2)(c2ccccc2)c2ccccc2)n1. The Morgan fingerprint density at radius 1 is 1.00 bits per heavy atom. The van der Waals surface area contributed by atoms with Crippen molar-refractivity contribution in [2.75, 3.05) is 18.2 Å². The number of allylic oxidation sites excluding steroid dienone is 1. The van der Waals surface area contributed by atoms with Crippen LogP contribution in [0.3, 0.4) is 0 Å². The Bertz CT molecular complexity index is 2210. The molecule has 0 saturated carbocycles. The summed E-state index contributed by atoms with van der Waals surface area (Å²) in [7, 11) is 1.29. The van der Waals surface area contributed by atoms with Gasteiger partial charge in [0.25, 0.3) is 11.8 Å². The molecular weight excluding hydrogens is 733 g/mol. The van der Waals surface area contributed by atoms with Crippen molar-refractivity contribution in [3.63, 3.8) is 0 Å². The zero-order valence-electron chi connectivity index (χ0n) is 28.3.